The Balaban J connectivity index is 1.97. The maximum atomic E-state index is 5.99. The van der Waals surface area contributed by atoms with Crippen molar-refractivity contribution in [1.82, 2.24) is 0 Å². The first-order valence-corrected chi connectivity index (χ1v) is 6.84. The van der Waals surface area contributed by atoms with E-state index in [1.54, 1.807) is 0 Å². The molecule has 0 spiro atoms. The van der Waals surface area contributed by atoms with Crippen molar-refractivity contribution in [2.75, 3.05) is 10.6 Å². The van der Waals surface area contributed by atoms with Crippen molar-refractivity contribution < 1.29 is 4.74 Å². The van der Waals surface area contributed by atoms with Crippen molar-refractivity contribution >= 4 is 22.7 Å². The van der Waals surface area contributed by atoms with E-state index in [2.05, 4.69) is 23.1 Å². The van der Waals surface area contributed by atoms with E-state index in [9.17, 15) is 0 Å². The van der Waals surface area contributed by atoms with Gasteiger partial charge in [-0.25, -0.2) is 0 Å². The molecule has 0 amide bonds. The number of hydrogen-bond donors (Lipinski definition) is 1. The smallest absolute Gasteiger partial charge is 0.151 e. The van der Waals surface area contributed by atoms with E-state index in [1.807, 2.05) is 54.6 Å². The number of ether oxygens (including phenoxy) is 1. The standard InChI is InChI=1S/C18H14N2O/c19-13-6-5-7-14(12-13)20-15-8-1-3-10-17(15)21-18-11-4-2-9-16(18)20/h1-12H,19H2. The van der Waals surface area contributed by atoms with Crippen LogP contribution in [0, 0.1) is 0 Å². The van der Waals surface area contributed by atoms with E-state index in [1.165, 1.54) is 0 Å². The quantitative estimate of drug-likeness (QED) is 0.504. The van der Waals surface area contributed by atoms with Crippen LogP contribution in [-0.4, -0.2) is 0 Å². The maximum absolute atomic E-state index is 5.99. The predicted octanol–water partition coefficient (Wildman–Crippen LogP) is 4.84. The lowest BCUT2D eigenvalue weighted by Crippen LogP contribution is -2.15. The molecule has 0 saturated heterocycles. The van der Waals surface area contributed by atoms with Crippen molar-refractivity contribution in [3.8, 4) is 11.5 Å². The Bertz CT molecular complexity index is 768. The van der Waals surface area contributed by atoms with Crippen LogP contribution in [0.3, 0.4) is 0 Å². The number of para-hydroxylation sites is 4. The minimum atomic E-state index is 0.744. The number of rotatable bonds is 1. The summed E-state index contributed by atoms with van der Waals surface area (Å²) < 4.78 is 5.99. The third-order valence-electron chi connectivity index (χ3n) is 3.56. The van der Waals surface area contributed by atoms with Crippen LogP contribution in [0.5, 0.6) is 11.5 Å². The first-order valence-electron chi connectivity index (χ1n) is 6.84. The maximum Gasteiger partial charge on any atom is 0.151 e. The highest BCUT2D eigenvalue weighted by Gasteiger charge is 2.24. The van der Waals surface area contributed by atoms with E-state index < -0.39 is 0 Å². The summed E-state index contributed by atoms with van der Waals surface area (Å²) in [4.78, 5) is 2.17. The van der Waals surface area contributed by atoms with Crippen LogP contribution in [0.2, 0.25) is 0 Å². The van der Waals surface area contributed by atoms with Crippen LogP contribution >= 0.6 is 0 Å². The average molecular weight is 274 g/mol. The van der Waals surface area contributed by atoms with Crippen molar-refractivity contribution in [2.24, 2.45) is 0 Å². The summed E-state index contributed by atoms with van der Waals surface area (Å²) in [6, 6.07) is 23.9. The molecule has 0 bridgehead atoms. The zero-order valence-corrected chi connectivity index (χ0v) is 11.4. The summed E-state index contributed by atoms with van der Waals surface area (Å²) in [5.41, 5.74) is 9.75. The lowest BCUT2D eigenvalue weighted by molar-refractivity contribution is 0.477. The molecule has 1 aliphatic rings. The summed E-state index contributed by atoms with van der Waals surface area (Å²) in [5.74, 6) is 1.69. The molecule has 4 rings (SSSR count). The van der Waals surface area contributed by atoms with Gasteiger partial charge in [-0.1, -0.05) is 30.3 Å². The minimum Gasteiger partial charge on any atom is -0.453 e. The number of nitrogens with zero attached hydrogens (tertiary/aromatic N) is 1. The monoisotopic (exact) mass is 274 g/mol. The topological polar surface area (TPSA) is 38.5 Å². The number of fused-ring (bicyclic) bond motifs is 2. The molecular weight excluding hydrogens is 260 g/mol. The Morgan fingerprint density at radius 2 is 1.33 bits per heavy atom. The van der Waals surface area contributed by atoms with Crippen LogP contribution in [0.15, 0.2) is 72.8 Å². The first-order chi connectivity index (χ1) is 10.3. The third-order valence-corrected chi connectivity index (χ3v) is 3.56. The lowest BCUT2D eigenvalue weighted by Gasteiger charge is -2.32. The largest absolute Gasteiger partial charge is 0.453 e. The molecule has 0 fully saturated rings. The molecule has 2 N–H and O–H groups in total. The van der Waals surface area contributed by atoms with Gasteiger partial charge < -0.3 is 15.4 Å². The Kier molecular flexibility index (Phi) is 2.57. The fourth-order valence-corrected chi connectivity index (χ4v) is 2.65. The number of nitrogen functional groups attached to an aromatic ring is 1. The molecule has 0 unspecified atom stereocenters. The van der Waals surface area contributed by atoms with Gasteiger partial charge in [-0.2, -0.15) is 0 Å². The second-order valence-corrected chi connectivity index (χ2v) is 4.97. The van der Waals surface area contributed by atoms with Crippen molar-refractivity contribution in [1.29, 1.82) is 0 Å². The van der Waals surface area contributed by atoms with Gasteiger partial charge in [0.1, 0.15) is 0 Å². The zero-order chi connectivity index (χ0) is 14.2. The van der Waals surface area contributed by atoms with Crippen LogP contribution in [0.25, 0.3) is 0 Å². The molecule has 0 aromatic heterocycles. The normalized spacial score (nSPS) is 12.3. The van der Waals surface area contributed by atoms with Gasteiger partial charge >= 0.3 is 0 Å². The molecule has 3 aromatic carbocycles. The molecule has 0 aliphatic carbocycles. The number of nitrogens with two attached hydrogens (primary N) is 1. The van der Waals surface area contributed by atoms with Gasteiger partial charge in [-0.05, 0) is 42.5 Å². The van der Waals surface area contributed by atoms with E-state index in [4.69, 9.17) is 10.5 Å². The first kappa shape index (κ1) is 11.9. The highest BCUT2D eigenvalue weighted by Crippen LogP contribution is 2.50. The second-order valence-electron chi connectivity index (χ2n) is 4.97. The molecular formula is C18H14N2O. The Morgan fingerprint density at radius 3 is 1.95 bits per heavy atom. The van der Waals surface area contributed by atoms with Crippen molar-refractivity contribution in [3.05, 3.63) is 72.8 Å². The van der Waals surface area contributed by atoms with Gasteiger partial charge in [-0.3, -0.25) is 0 Å². The lowest BCUT2D eigenvalue weighted by atomic mass is 10.1. The highest BCUT2D eigenvalue weighted by atomic mass is 16.5. The molecule has 0 atom stereocenters. The molecule has 102 valence electrons. The number of anilines is 4. The molecule has 0 saturated carbocycles. The molecule has 1 aliphatic heterocycles. The summed E-state index contributed by atoms with van der Waals surface area (Å²) in [7, 11) is 0. The summed E-state index contributed by atoms with van der Waals surface area (Å²) in [6.07, 6.45) is 0. The number of hydrogen-bond acceptors (Lipinski definition) is 3. The minimum absolute atomic E-state index is 0.744. The summed E-state index contributed by atoms with van der Waals surface area (Å²) in [5, 5.41) is 0. The summed E-state index contributed by atoms with van der Waals surface area (Å²) in [6.45, 7) is 0. The number of benzene rings is 3. The van der Waals surface area contributed by atoms with Crippen molar-refractivity contribution in [3.63, 3.8) is 0 Å². The molecule has 3 heteroatoms. The van der Waals surface area contributed by atoms with Gasteiger partial charge in [0, 0.05) is 11.4 Å². The Morgan fingerprint density at radius 1 is 0.714 bits per heavy atom. The van der Waals surface area contributed by atoms with Gasteiger partial charge in [0.25, 0.3) is 0 Å². The Hall–Kier alpha value is -2.94. The fourth-order valence-electron chi connectivity index (χ4n) is 2.65. The van der Waals surface area contributed by atoms with Gasteiger partial charge in [0.05, 0.1) is 11.4 Å². The third kappa shape index (κ3) is 1.91. The molecule has 21 heavy (non-hydrogen) atoms. The van der Waals surface area contributed by atoms with Crippen LogP contribution < -0.4 is 15.4 Å². The second kappa shape index (κ2) is 4.56. The molecule has 3 nitrogen and oxygen atoms in total. The Labute approximate surface area is 123 Å². The van der Waals surface area contributed by atoms with Crippen LogP contribution in [0.4, 0.5) is 22.7 Å². The SMILES string of the molecule is Nc1cccc(N2c3ccccc3Oc3ccccc32)c1. The van der Waals surface area contributed by atoms with Gasteiger partial charge in [0.15, 0.2) is 11.5 Å². The predicted molar refractivity (Wildman–Crippen MR) is 85.6 cm³/mol. The van der Waals surface area contributed by atoms with Gasteiger partial charge in [0.2, 0.25) is 0 Å². The zero-order valence-electron chi connectivity index (χ0n) is 11.4. The summed E-state index contributed by atoms with van der Waals surface area (Å²) >= 11 is 0. The van der Waals surface area contributed by atoms with Crippen LogP contribution in [-0.2, 0) is 0 Å². The molecule has 3 aromatic rings. The van der Waals surface area contributed by atoms with E-state index in [0.717, 1.165) is 34.2 Å². The molecule has 0 radical (unpaired) electrons. The molecule has 1 heterocycles. The van der Waals surface area contributed by atoms with E-state index in [0.29, 0.717) is 0 Å². The highest BCUT2D eigenvalue weighted by molar-refractivity contribution is 5.86. The fraction of sp³-hybridized carbons (Fsp3) is 0. The van der Waals surface area contributed by atoms with E-state index in [-0.39, 0.29) is 0 Å². The van der Waals surface area contributed by atoms with Crippen LogP contribution in [0.1, 0.15) is 0 Å². The average Bonchev–Trinajstić information content (AvgIpc) is 2.52. The van der Waals surface area contributed by atoms with E-state index >= 15 is 0 Å². The van der Waals surface area contributed by atoms with Crippen molar-refractivity contribution in [2.45, 2.75) is 0 Å². The van der Waals surface area contributed by atoms with Gasteiger partial charge in [-0.15, -0.1) is 0 Å².